The molecular formula is C26H38O6. The SMILES string of the molecule is CCCCOC(=O)CCCC=CC[C@@H]1C(C=C[C@@H](O)COc2ccccc2)[C@H](O)C[C@@H]1O. The van der Waals surface area contributed by atoms with Gasteiger partial charge in [0, 0.05) is 18.8 Å². The van der Waals surface area contributed by atoms with Crippen molar-refractivity contribution in [3.63, 3.8) is 0 Å². The number of rotatable bonds is 14. The second-order valence-electron chi connectivity index (χ2n) is 8.36. The average molecular weight is 447 g/mol. The van der Waals surface area contributed by atoms with Crippen molar-refractivity contribution in [2.45, 2.75) is 70.2 Å². The van der Waals surface area contributed by atoms with Crippen LogP contribution in [0.1, 0.15) is 51.9 Å². The van der Waals surface area contributed by atoms with Crippen molar-refractivity contribution >= 4 is 5.97 Å². The Morgan fingerprint density at radius 1 is 1.16 bits per heavy atom. The van der Waals surface area contributed by atoms with Crippen LogP contribution in [0.15, 0.2) is 54.6 Å². The predicted octanol–water partition coefficient (Wildman–Crippen LogP) is 3.80. The van der Waals surface area contributed by atoms with E-state index in [1.54, 1.807) is 12.2 Å². The number of unbranched alkanes of at least 4 members (excludes halogenated alkanes) is 2. The highest BCUT2D eigenvalue weighted by molar-refractivity contribution is 5.69. The van der Waals surface area contributed by atoms with E-state index in [4.69, 9.17) is 9.47 Å². The molecule has 0 amide bonds. The molecule has 1 aliphatic carbocycles. The molecule has 3 N–H and O–H groups in total. The average Bonchev–Trinajstić information content (AvgIpc) is 3.06. The number of hydrogen-bond acceptors (Lipinski definition) is 6. The summed E-state index contributed by atoms with van der Waals surface area (Å²) in [4.78, 5) is 11.6. The molecule has 32 heavy (non-hydrogen) atoms. The van der Waals surface area contributed by atoms with Crippen LogP contribution < -0.4 is 4.74 Å². The molecule has 6 nitrogen and oxygen atoms in total. The molecule has 0 aromatic heterocycles. The van der Waals surface area contributed by atoms with Crippen LogP contribution in [0.3, 0.4) is 0 Å². The van der Waals surface area contributed by atoms with Gasteiger partial charge in [-0.1, -0.05) is 55.8 Å². The van der Waals surface area contributed by atoms with Crippen molar-refractivity contribution in [3.05, 3.63) is 54.6 Å². The number of carbonyl (C=O) groups excluding carboxylic acids is 1. The van der Waals surface area contributed by atoms with Gasteiger partial charge in [-0.15, -0.1) is 0 Å². The maximum absolute atomic E-state index is 11.6. The monoisotopic (exact) mass is 446 g/mol. The first kappa shape index (κ1) is 26.1. The normalized spacial score (nSPS) is 24.2. The third kappa shape index (κ3) is 9.55. The first-order valence-corrected chi connectivity index (χ1v) is 11.7. The number of carbonyl (C=O) groups is 1. The smallest absolute Gasteiger partial charge is 0.305 e. The highest BCUT2D eigenvalue weighted by atomic mass is 16.5. The summed E-state index contributed by atoms with van der Waals surface area (Å²) in [6.07, 6.45) is 10.2. The lowest BCUT2D eigenvalue weighted by molar-refractivity contribution is -0.143. The maximum atomic E-state index is 11.6. The van der Waals surface area contributed by atoms with Gasteiger partial charge in [-0.05, 0) is 43.7 Å². The minimum Gasteiger partial charge on any atom is -0.491 e. The predicted molar refractivity (Wildman–Crippen MR) is 124 cm³/mol. The van der Waals surface area contributed by atoms with E-state index in [0.29, 0.717) is 31.6 Å². The Hall–Kier alpha value is -2.15. The number of esters is 1. The van der Waals surface area contributed by atoms with Crippen LogP contribution in [0, 0.1) is 11.8 Å². The minimum absolute atomic E-state index is 0.112. The van der Waals surface area contributed by atoms with E-state index in [0.717, 1.165) is 25.7 Å². The van der Waals surface area contributed by atoms with Gasteiger partial charge in [-0.3, -0.25) is 4.79 Å². The second-order valence-corrected chi connectivity index (χ2v) is 8.36. The van der Waals surface area contributed by atoms with E-state index in [1.165, 1.54) is 0 Å². The summed E-state index contributed by atoms with van der Waals surface area (Å²) in [6, 6.07) is 9.28. The molecular weight excluding hydrogens is 408 g/mol. The first-order chi connectivity index (χ1) is 15.5. The highest BCUT2D eigenvalue weighted by Gasteiger charge is 2.39. The molecule has 1 fully saturated rings. The molecule has 1 aromatic rings. The van der Waals surface area contributed by atoms with Gasteiger partial charge in [0.15, 0.2) is 0 Å². The Morgan fingerprint density at radius 3 is 2.69 bits per heavy atom. The number of aliphatic hydroxyl groups is 3. The molecule has 0 saturated heterocycles. The maximum Gasteiger partial charge on any atom is 0.305 e. The number of aliphatic hydroxyl groups excluding tert-OH is 3. The van der Waals surface area contributed by atoms with Gasteiger partial charge in [0.25, 0.3) is 0 Å². The molecule has 6 heteroatoms. The Bertz CT molecular complexity index is 702. The molecule has 1 unspecified atom stereocenters. The van der Waals surface area contributed by atoms with Crippen molar-refractivity contribution in [2.24, 2.45) is 11.8 Å². The van der Waals surface area contributed by atoms with Crippen LogP contribution in [0.5, 0.6) is 5.75 Å². The molecule has 1 aromatic carbocycles. The van der Waals surface area contributed by atoms with Gasteiger partial charge in [0.05, 0.1) is 18.8 Å². The van der Waals surface area contributed by atoms with Crippen LogP contribution in [0.4, 0.5) is 0 Å². The molecule has 0 aliphatic heterocycles. The summed E-state index contributed by atoms with van der Waals surface area (Å²) < 4.78 is 10.7. The van der Waals surface area contributed by atoms with E-state index in [9.17, 15) is 20.1 Å². The topological polar surface area (TPSA) is 96.2 Å². The largest absolute Gasteiger partial charge is 0.491 e. The van der Waals surface area contributed by atoms with Crippen LogP contribution in [0.2, 0.25) is 0 Å². The zero-order valence-corrected chi connectivity index (χ0v) is 19.0. The minimum atomic E-state index is -0.798. The van der Waals surface area contributed by atoms with Crippen LogP contribution >= 0.6 is 0 Å². The zero-order chi connectivity index (χ0) is 23.2. The summed E-state index contributed by atoms with van der Waals surface area (Å²) in [5.74, 6) is 0.197. The van der Waals surface area contributed by atoms with Gasteiger partial charge < -0.3 is 24.8 Å². The van der Waals surface area contributed by atoms with Gasteiger partial charge in [0.2, 0.25) is 0 Å². The molecule has 0 heterocycles. The standard InChI is InChI=1S/C26H38O6/c1-2-3-17-31-26(30)14-10-5-4-9-13-22-23(25(29)18-24(22)28)16-15-20(27)19-32-21-11-7-6-8-12-21/h4,6-9,11-12,15-16,20,22-25,27-29H,2-3,5,10,13-14,17-19H2,1H3/t20-,22-,23?,24+,25-/m1/s1. The Kier molecular flexibility index (Phi) is 12.1. The van der Waals surface area contributed by atoms with E-state index >= 15 is 0 Å². The fourth-order valence-electron chi connectivity index (χ4n) is 3.85. The number of hydrogen-bond donors (Lipinski definition) is 3. The van der Waals surface area contributed by atoms with Gasteiger partial charge >= 0.3 is 5.97 Å². The molecule has 0 radical (unpaired) electrons. The van der Waals surface area contributed by atoms with E-state index < -0.39 is 18.3 Å². The summed E-state index contributed by atoms with van der Waals surface area (Å²) >= 11 is 0. The van der Waals surface area contributed by atoms with E-state index in [2.05, 4.69) is 6.92 Å². The fraction of sp³-hybridized carbons (Fsp3) is 0.577. The number of ether oxygens (including phenoxy) is 2. The number of allylic oxidation sites excluding steroid dienone is 2. The quantitative estimate of drug-likeness (QED) is 0.229. The lowest BCUT2D eigenvalue weighted by Crippen LogP contribution is -2.21. The summed E-state index contributed by atoms with van der Waals surface area (Å²) in [6.45, 7) is 2.67. The third-order valence-electron chi connectivity index (χ3n) is 5.72. The summed E-state index contributed by atoms with van der Waals surface area (Å²) in [5.41, 5.74) is 0. The van der Waals surface area contributed by atoms with E-state index in [-0.39, 0.29) is 24.4 Å². The molecule has 1 aliphatic rings. The number of benzene rings is 1. The fourth-order valence-corrected chi connectivity index (χ4v) is 3.85. The molecule has 0 bridgehead atoms. The lowest BCUT2D eigenvalue weighted by Gasteiger charge is -2.19. The van der Waals surface area contributed by atoms with E-state index in [1.807, 2.05) is 42.5 Å². The molecule has 178 valence electrons. The Labute approximate surface area is 191 Å². The molecule has 1 saturated carbocycles. The van der Waals surface area contributed by atoms with Gasteiger partial charge in [-0.2, -0.15) is 0 Å². The number of para-hydroxylation sites is 1. The Balaban J connectivity index is 1.73. The van der Waals surface area contributed by atoms with Crippen molar-refractivity contribution < 1.29 is 29.6 Å². The van der Waals surface area contributed by atoms with Crippen molar-refractivity contribution in [1.29, 1.82) is 0 Å². The summed E-state index contributed by atoms with van der Waals surface area (Å²) in [7, 11) is 0. The van der Waals surface area contributed by atoms with Crippen molar-refractivity contribution in [2.75, 3.05) is 13.2 Å². The first-order valence-electron chi connectivity index (χ1n) is 11.7. The van der Waals surface area contributed by atoms with Crippen molar-refractivity contribution in [1.82, 2.24) is 0 Å². The molecule has 2 rings (SSSR count). The lowest BCUT2D eigenvalue weighted by atomic mass is 9.89. The summed E-state index contributed by atoms with van der Waals surface area (Å²) in [5, 5.41) is 30.9. The zero-order valence-electron chi connectivity index (χ0n) is 19.0. The third-order valence-corrected chi connectivity index (χ3v) is 5.72. The van der Waals surface area contributed by atoms with Crippen LogP contribution in [0.25, 0.3) is 0 Å². The van der Waals surface area contributed by atoms with Crippen LogP contribution in [-0.4, -0.2) is 52.8 Å². The molecule has 0 spiro atoms. The second kappa shape index (κ2) is 14.8. The highest BCUT2D eigenvalue weighted by Crippen LogP contribution is 2.36. The van der Waals surface area contributed by atoms with Crippen molar-refractivity contribution in [3.8, 4) is 5.75 Å². The van der Waals surface area contributed by atoms with Gasteiger partial charge in [0.1, 0.15) is 18.5 Å². The van der Waals surface area contributed by atoms with Crippen LogP contribution in [-0.2, 0) is 9.53 Å². The van der Waals surface area contributed by atoms with Gasteiger partial charge in [-0.25, -0.2) is 0 Å². The Morgan fingerprint density at radius 2 is 1.94 bits per heavy atom. The molecule has 5 atom stereocenters.